The van der Waals surface area contributed by atoms with Gasteiger partial charge in [0, 0.05) is 5.92 Å². The van der Waals surface area contributed by atoms with E-state index in [0.29, 0.717) is 12.8 Å². The molecule has 11 heteroatoms. The SMILES string of the molecule is OC1CC(O)C2CC(OC3OCC(O)C(O)C3O)C(C3CC(O)C(O)C(O)C3)OC2C1. The fraction of sp³-hybridized carbons (Fsp3) is 1.00. The molecule has 12 atom stereocenters. The summed E-state index contributed by atoms with van der Waals surface area (Å²) in [5, 5.41) is 80.7. The Morgan fingerprint density at radius 2 is 1.32 bits per heavy atom. The van der Waals surface area contributed by atoms with Crippen LogP contribution in [0.3, 0.4) is 0 Å². The van der Waals surface area contributed by atoms with Crippen LogP contribution in [0.2, 0.25) is 0 Å². The Bertz CT molecular complexity index is 596. The van der Waals surface area contributed by atoms with Gasteiger partial charge in [0.15, 0.2) is 6.29 Å². The standard InChI is InChI=1S/C20H34O11/c21-8-3-10(22)9-5-15(31-20-18(28)17(27)13(25)6-29-20)19(30-14(9)4-8)7-1-11(23)16(26)12(24)2-7/h7-28H,1-6H2. The van der Waals surface area contributed by atoms with Gasteiger partial charge in [-0.05, 0) is 38.0 Å². The zero-order valence-corrected chi connectivity index (χ0v) is 17.1. The quantitative estimate of drug-likeness (QED) is 0.214. The molecular weight excluding hydrogens is 416 g/mol. The Morgan fingerprint density at radius 3 is 2.00 bits per heavy atom. The predicted octanol–water partition coefficient (Wildman–Crippen LogP) is -3.41. The molecule has 0 bridgehead atoms. The topological polar surface area (TPSA) is 190 Å². The summed E-state index contributed by atoms with van der Waals surface area (Å²) in [6, 6.07) is 0. The lowest BCUT2D eigenvalue weighted by Gasteiger charge is -2.51. The first-order valence-corrected chi connectivity index (χ1v) is 11.0. The Kier molecular flexibility index (Phi) is 7.21. The molecule has 2 heterocycles. The minimum atomic E-state index is -1.50. The maximum absolute atomic E-state index is 10.5. The van der Waals surface area contributed by atoms with Gasteiger partial charge in [-0.3, -0.25) is 0 Å². The summed E-state index contributed by atoms with van der Waals surface area (Å²) < 4.78 is 17.6. The van der Waals surface area contributed by atoms with Gasteiger partial charge < -0.3 is 55.1 Å². The van der Waals surface area contributed by atoms with Crippen LogP contribution >= 0.6 is 0 Å². The molecule has 31 heavy (non-hydrogen) atoms. The number of ether oxygens (including phenoxy) is 3. The molecule has 4 rings (SSSR count). The Labute approximate surface area is 179 Å². The first-order valence-electron chi connectivity index (χ1n) is 11.0. The fourth-order valence-corrected chi connectivity index (χ4v) is 5.54. The molecule has 4 fully saturated rings. The van der Waals surface area contributed by atoms with Crippen LogP contribution in [0, 0.1) is 11.8 Å². The van der Waals surface area contributed by atoms with Gasteiger partial charge >= 0.3 is 0 Å². The molecule has 2 aliphatic carbocycles. The van der Waals surface area contributed by atoms with Crippen LogP contribution in [0.1, 0.15) is 32.1 Å². The minimum Gasteiger partial charge on any atom is -0.393 e. The van der Waals surface area contributed by atoms with E-state index in [2.05, 4.69) is 0 Å². The maximum Gasteiger partial charge on any atom is 0.186 e. The molecule has 0 aromatic rings. The Morgan fingerprint density at radius 1 is 0.645 bits per heavy atom. The lowest BCUT2D eigenvalue weighted by atomic mass is 9.72. The second kappa shape index (κ2) is 9.43. The van der Waals surface area contributed by atoms with E-state index >= 15 is 0 Å². The second-order valence-corrected chi connectivity index (χ2v) is 9.51. The summed E-state index contributed by atoms with van der Waals surface area (Å²) in [6.45, 7) is -0.227. The zero-order valence-electron chi connectivity index (χ0n) is 17.1. The summed E-state index contributed by atoms with van der Waals surface area (Å²) in [5.41, 5.74) is 0. The highest BCUT2D eigenvalue weighted by Gasteiger charge is 2.51. The van der Waals surface area contributed by atoms with E-state index in [4.69, 9.17) is 14.2 Å². The van der Waals surface area contributed by atoms with Crippen molar-refractivity contribution < 1.29 is 55.1 Å². The molecule has 8 N–H and O–H groups in total. The number of hydrogen-bond donors (Lipinski definition) is 8. The third-order valence-corrected chi connectivity index (χ3v) is 7.30. The molecule has 12 unspecified atom stereocenters. The largest absolute Gasteiger partial charge is 0.393 e. The van der Waals surface area contributed by atoms with Crippen LogP contribution in [0.25, 0.3) is 0 Å². The minimum absolute atomic E-state index is 0.153. The van der Waals surface area contributed by atoms with Gasteiger partial charge in [-0.15, -0.1) is 0 Å². The van der Waals surface area contributed by atoms with Crippen LogP contribution in [0.4, 0.5) is 0 Å². The smallest absolute Gasteiger partial charge is 0.186 e. The summed E-state index contributed by atoms with van der Waals surface area (Å²) in [6.07, 6.45) is -11.2. The number of aliphatic hydroxyl groups excluding tert-OH is 8. The normalized spacial score (nSPS) is 56.1. The van der Waals surface area contributed by atoms with Crippen LogP contribution in [0.5, 0.6) is 0 Å². The van der Waals surface area contributed by atoms with Crippen LogP contribution in [-0.2, 0) is 14.2 Å². The van der Waals surface area contributed by atoms with Gasteiger partial charge in [0.05, 0.1) is 49.3 Å². The van der Waals surface area contributed by atoms with Crippen LogP contribution in [0.15, 0.2) is 0 Å². The monoisotopic (exact) mass is 450 g/mol. The maximum atomic E-state index is 10.5. The summed E-state index contributed by atoms with van der Waals surface area (Å²) in [5.74, 6) is -0.725. The van der Waals surface area contributed by atoms with Crippen molar-refractivity contribution in [2.75, 3.05) is 6.61 Å². The molecule has 0 amide bonds. The molecular formula is C20H34O11. The lowest BCUT2D eigenvalue weighted by Crippen LogP contribution is -2.60. The van der Waals surface area contributed by atoms with E-state index in [9.17, 15) is 40.9 Å². The molecule has 0 aromatic heterocycles. The highest BCUT2D eigenvalue weighted by molar-refractivity contribution is 4.99. The van der Waals surface area contributed by atoms with E-state index in [1.54, 1.807) is 0 Å². The summed E-state index contributed by atoms with van der Waals surface area (Å²) >= 11 is 0. The molecule has 0 spiro atoms. The van der Waals surface area contributed by atoms with Gasteiger partial charge in [0.1, 0.15) is 24.4 Å². The Hall–Kier alpha value is -0.440. The van der Waals surface area contributed by atoms with Crippen molar-refractivity contribution in [3.8, 4) is 0 Å². The second-order valence-electron chi connectivity index (χ2n) is 9.51. The van der Waals surface area contributed by atoms with Crippen molar-refractivity contribution in [3.63, 3.8) is 0 Å². The number of aliphatic hydroxyl groups is 8. The average Bonchev–Trinajstić information content (AvgIpc) is 2.72. The van der Waals surface area contributed by atoms with E-state index in [1.165, 1.54) is 0 Å². The van der Waals surface area contributed by atoms with Gasteiger partial charge in [-0.1, -0.05) is 0 Å². The molecule has 11 nitrogen and oxygen atoms in total. The van der Waals surface area contributed by atoms with Crippen molar-refractivity contribution in [1.29, 1.82) is 0 Å². The molecule has 180 valence electrons. The third kappa shape index (κ3) is 4.78. The number of fused-ring (bicyclic) bond motifs is 1. The molecule has 4 aliphatic rings. The van der Waals surface area contributed by atoms with Crippen molar-refractivity contribution in [2.24, 2.45) is 11.8 Å². The van der Waals surface area contributed by atoms with E-state index in [0.717, 1.165) is 0 Å². The van der Waals surface area contributed by atoms with Gasteiger partial charge in [0.2, 0.25) is 0 Å². The highest BCUT2D eigenvalue weighted by Crippen LogP contribution is 2.43. The molecule has 0 aromatic carbocycles. The van der Waals surface area contributed by atoms with Gasteiger partial charge in [0.25, 0.3) is 0 Å². The zero-order chi connectivity index (χ0) is 22.4. The number of hydrogen-bond acceptors (Lipinski definition) is 11. The fourth-order valence-electron chi connectivity index (χ4n) is 5.54. The first-order chi connectivity index (χ1) is 14.7. The number of rotatable bonds is 3. The van der Waals surface area contributed by atoms with E-state index < -0.39 is 79.4 Å². The molecule has 2 saturated heterocycles. The van der Waals surface area contributed by atoms with Crippen LogP contribution in [-0.4, -0.2) is 121 Å². The predicted molar refractivity (Wildman–Crippen MR) is 101 cm³/mol. The average molecular weight is 450 g/mol. The molecule has 0 radical (unpaired) electrons. The third-order valence-electron chi connectivity index (χ3n) is 7.30. The summed E-state index contributed by atoms with van der Waals surface area (Å²) in [7, 11) is 0. The highest BCUT2D eigenvalue weighted by atomic mass is 16.7. The van der Waals surface area contributed by atoms with Crippen molar-refractivity contribution in [1.82, 2.24) is 0 Å². The van der Waals surface area contributed by atoms with Crippen molar-refractivity contribution in [3.05, 3.63) is 0 Å². The van der Waals surface area contributed by atoms with Crippen molar-refractivity contribution in [2.45, 2.75) is 106 Å². The lowest BCUT2D eigenvalue weighted by molar-refractivity contribution is -0.314. The first kappa shape index (κ1) is 23.7. The Balaban J connectivity index is 1.54. The van der Waals surface area contributed by atoms with E-state index in [-0.39, 0.29) is 31.8 Å². The molecule has 2 aliphatic heterocycles. The van der Waals surface area contributed by atoms with Gasteiger partial charge in [-0.25, -0.2) is 0 Å². The van der Waals surface area contributed by atoms with E-state index in [1.807, 2.05) is 0 Å². The summed E-state index contributed by atoms with van der Waals surface area (Å²) in [4.78, 5) is 0. The molecule has 2 saturated carbocycles. The van der Waals surface area contributed by atoms with Crippen molar-refractivity contribution >= 4 is 0 Å². The van der Waals surface area contributed by atoms with Gasteiger partial charge in [-0.2, -0.15) is 0 Å². The van der Waals surface area contributed by atoms with Crippen LogP contribution < -0.4 is 0 Å².